The van der Waals surface area contributed by atoms with Crippen LogP contribution in [0.4, 0.5) is 18.0 Å². The van der Waals surface area contributed by atoms with Crippen LogP contribution in [0.1, 0.15) is 28.2 Å². The molecule has 0 atom stereocenters. The van der Waals surface area contributed by atoms with E-state index >= 15 is 0 Å². The van der Waals surface area contributed by atoms with Crippen molar-refractivity contribution in [3.05, 3.63) is 100 Å². The van der Waals surface area contributed by atoms with E-state index in [9.17, 15) is 18.0 Å². The first-order valence-corrected chi connectivity index (χ1v) is 10.3. The van der Waals surface area contributed by atoms with E-state index in [1.54, 1.807) is 0 Å². The molecular formula is C25H19ClF3NO2. The van der Waals surface area contributed by atoms with Gasteiger partial charge in [-0.25, -0.2) is 4.79 Å². The number of hydrogen-bond donors (Lipinski definition) is 1. The van der Waals surface area contributed by atoms with Crippen LogP contribution >= 0.6 is 11.6 Å². The summed E-state index contributed by atoms with van der Waals surface area (Å²) in [6.07, 6.45) is -2.18. The van der Waals surface area contributed by atoms with Gasteiger partial charge < -0.3 is 10.1 Å². The molecule has 0 aromatic heterocycles. The van der Waals surface area contributed by atoms with Gasteiger partial charge in [0.25, 0.3) is 0 Å². The first-order chi connectivity index (χ1) is 15.4. The van der Waals surface area contributed by atoms with Gasteiger partial charge in [0.15, 0.2) is 0 Å². The van der Waals surface area contributed by atoms with E-state index in [2.05, 4.69) is 17.4 Å². The van der Waals surface area contributed by atoms with E-state index in [0.29, 0.717) is 0 Å². The van der Waals surface area contributed by atoms with Crippen molar-refractivity contribution < 1.29 is 22.7 Å². The number of carbonyl (C=O) groups is 1. The normalized spacial score (nSPS) is 13.1. The van der Waals surface area contributed by atoms with E-state index in [1.807, 2.05) is 36.4 Å². The molecule has 7 heteroatoms. The highest BCUT2D eigenvalue weighted by Gasteiger charge is 2.33. The van der Waals surface area contributed by atoms with Crippen LogP contribution in [0.3, 0.4) is 0 Å². The molecule has 1 amide bonds. The zero-order valence-corrected chi connectivity index (χ0v) is 17.6. The minimum Gasteiger partial charge on any atom is -0.449 e. The fraction of sp³-hybridized carbons (Fsp3) is 0.160. The number of fused-ring (bicyclic) bond motifs is 3. The molecule has 3 aromatic rings. The van der Waals surface area contributed by atoms with Gasteiger partial charge in [-0.1, -0.05) is 84.4 Å². The summed E-state index contributed by atoms with van der Waals surface area (Å²) in [4.78, 5) is 12.1. The van der Waals surface area contributed by atoms with E-state index in [-0.39, 0.29) is 29.7 Å². The molecule has 1 N–H and O–H groups in total. The quantitative estimate of drug-likeness (QED) is 0.452. The average Bonchev–Trinajstić information content (AvgIpc) is 3.09. The van der Waals surface area contributed by atoms with Gasteiger partial charge in [-0.15, -0.1) is 0 Å². The smallest absolute Gasteiger partial charge is 0.417 e. The van der Waals surface area contributed by atoms with Crippen LogP contribution in [0.25, 0.3) is 17.2 Å². The molecule has 0 fully saturated rings. The van der Waals surface area contributed by atoms with Crippen LogP contribution < -0.4 is 5.32 Å². The maximum absolute atomic E-state index is 12.9. The predicted octanol–water partition coefficient (Wildman–Crippen LogP) is 6.91. The summed E-state index contributed by atoms with van der Waals surface area (Å²) in [5, 5.41) is 2.20. The lowest BCUT2D eigenvalue weighted by Crippen LogP contribution is -2.26. The molecule has 0 radical (unpaired) electrons. The van der Waals surface area contributed by atoms with Gasteiger partial charge in [-0.2, -0.15) is 13.2 Å². The van der Waals surface area contributed by atoms with Crippen molar-refractivity contribution in [2.75, 3.05) is 13.2 Å². The van der Waals surface area contributed by atoms with E-state index in [1.165, 1.54) is 24.3 Å². The number of rotatable bonds is 5. The molecule has 164 valence electrons. The fourth-order valence-corrected chi connectivity index (χ4v) is 4.17. The number of carbonyl (C=O) groups excluding carboxylic acids is 1. The molecule has 4 rings (SSSR count). The Balaban J connectivity index is 1.34. The summed E-state index contributed by atoms with van der Waals surface area (Å²) in [6, 6.07) is 19.7. The van der Waals surface area contributed by atoms with Gasteiger partial charge in [0.05, 0.1) is 10.6 Å². The van der Waals surface area contributed by atoms with Crippen molar-refractivity contribution in [1.29, 1.82) is 0 Å². The number of alkyl carbamates (subject to hydrolysis) is 1. The van der Waals surface area contributed by atoms with Gasteiger partial charge in [-0.3, -0.25) is 0 Å². The van der Waals surface area contributed by atoms with Crippen LogP contribution in [0.5, 0.6) is 0 Å². The summed E-state index contributed by atoms with van der Waals surface area (Å²) in [5.41, 5.74) is 3.82. The topological polar surface area (TPSA) is 38.3 Å². The molecule has 1 aliphatic carbocycles. The molecule has 3 nitrogen and oxygen atoms in total. The molecule has 32 heavy (non-hydrogen) atoms. The SMILES string of the molecule is O=C(NCC=Cc1cccc(C(F)(F)F)c1Cl)OCC1c2ccccc2-c2ccccc21. The highest BCUT2D eigenvalue weighted by Crippen LogP contribution is 2.44. The standard InChI is InChI=1S/C25H19ClF3NO2/c26-23-16(7-5-13-22(23)25(27,28)29)8-6-14-30-24(31)32-15-21-19-11-3-1-9-17(19)18-10-2-4-12-20(18)21/h1-13,21H,14-15H2,(H,30,31). The Bertz CT molecular complexity index is 1130. The third-order valence-corrected chi connectivity index (χ3v) is 5.76. The predicted molar refractivity (Wildman–Crippen MR) is 119 cm³/mol. The molecule has 3 aromatic carbocycles. The highest BCUT2D eigenvalue weighted by molar-refractivity contribution is 6.32. The third kappa shape index (κ3) is 4.50. The summed E-state index contributed by atoms with van der Waals surface area (Å²) in [5.74, 6) is -0.0485. The number of hydrogen-bond acceptors (Lipinski definition) is 2. The van der Waals surface area contributed by atoms with Crippen molar-refractivity contribution in [2.45, 2.75) is 12.1 Å². The zero-order valence-electron chi connectivity index (χ0n) is 16.8. The maximum atomic E-state index is 12.9. The Labute approximate surface area is 188 Å². The van der Waals surface area contributed by atoms with Crippen LogP contribution in [0, 0.1) is 0 Å². The van der Waals surface area contributed by atoms with E-state index in [0.717, 1.165) is 28.3 Å². The second-order valence-electron chi connectivity index (χ2n) is 7.32. The van der Waals surface area contributed by atoms with E-state index < -0.39 is 17.8 Å². The average molecular weight is 458 g/mol. The van der Waals surface area contributed by atoms with Crippen LogP contribution in [0.15, 0.2) is 72.8 Å². The third-order valence-electron chi connectivity index (χ3n) is 5.34. The lowest BCUT2D eigenvalue weighted by Gasteiger charge is -2.14. The second-order valence-corrected chi connectivity index (χ2v) is 7.69. The zero-order chi connectivity index (χ0) is 22.7. The summed E-state index contributed by atoms with van der Waals surface area (Å²) < 4.78 is 44.2. The van der Waals surface area contributed by atoms with Gasteiger partial charge in [-0.05, 0) is 33.9 Å². The first kappa shape index (κ1) is 22.0. The summed E-state index contributed by atoms with van der Waals surface area (Å²) in [6.45, 7) is 0.270. The molecule has 0 saturated heterocycles. The van der Waals surface area contributed by atoms with Crippen molar-refractivity contribution in [3.8, 4) is 11.1 Å². The van der Waals surface area contributed by atoms with Crippen molar-refractivity contribution in [2.24, 2.45) is 0 Å². The molecule has 0 bridgehead atoms. The lowest BCUT2D eigenvalue weighted by molar-refractivity contribution is -0.137. The molecule has 0 heterocycles. The Morgan fingerprint density at radius 3 is 2.22 bits per heavy atom. The van der Waals surface area contributed by atoms with Crippen molar-refractivity contribution in [3.63, 3.8) is 0 Å². The molecule has 0 spiro atoms. The number of amides is 1. The Morgan fingerprint density at radius 1 is 0.969 bits per heavy atom. The van der Waals surface area contributed by atoms with Crippen LogP contribution in [0.2, 0.25) is 5.02 Å². The summed E-state index contributed by atoms with van der Waals surface area (Å²) in [7, 11) is 0. The van der Waals surface area contributed by atoms with Gasteiger partial charge in [0.1, 0.15) is 6.61 Å². The Hall–Kier alpha value is -3.25. The Morgan fingerprint density at radius 2 is 1.59 bits per heavy atom. The monoisotopic (exact) mass is 457 g/mol. The lowest BCUT2D eigenvalue weighted by atomic mass is 9.98. The molecule has 0 unspecified atom stereocenters. The second kappa shape index (κ2) is 9.09. The van der Waals surface area contributed by atoms with Gasteiger partial charge >= 0.3 is 12.3 Å². The minimum atomic E-state index is -4.53. The van der Waals surface area contributed by atoms with Crippen molar-refractivity contribution in [1.82, 2.24) is 5.32 Å². The number of alkyl halides is 3. The Kier molecular flexibility index (Phi) is 6.24. The number of nitrogens with one attached hydrogen (secondary N) is 1. The van der Waals surface area contributed by atoms with Gasteiger partial charge in [0.2, 0.25) is 0 Å². The number of ether oxygens (including phenoxy) is 1. The minimum absolute atomic E-state index is 0.0485. The molecule has 0 aliphatic heterocycles. The van der Waals surface area contributed by atoms with Crippen LogP contribution in [-0.4, -0.2) is 19.2 Å². The summed E-state index contributed by atoms with van der Waals surface area (Å²) >= 11 is 5.86. The first-order valence-electron chi connectivity index (χ1n) is 9.97. The molecular weight excluding hydrogens is 439 g/mol. The maximum Gasteiger partial charge on any atom is 0.417 e. The highest BCUT2D eigenvalue weighted by atomic mass is 35.5. The van der Waals surface area contributed by atoms with Gasteiger partial charge in [0, 0.05) is 12.5 Å². The molecule has 1 aliphatic rings. The number of halogens is 4. The van der Waals surface area contributed by atoms with Crippen LogP contribution in [-0.2, 0) is 10.9 Å². The van der Waals surface area contributed by atoms with E-state index in [4.69, 9.17) is 16.3 Å². The largest absolute Gasteiger partial charge is 0.449 e. The fourth-order valence-electron chi connectivity index (χ4n) is 3.88. The molecule has 0 saturated carbocycles. The van der Waals surface area contributed by atoms with Crippen molar-refractivity contribution >= 4 is 23.8 Å². The number of benzene rings is 3.